The van der Waals surface area contributed by atoms with Gasteiger partial charge in [-0.1, -0.05) is 58.0 Å². The van der Waals surface area contributed by atoms with Gasteiger partial charge in [-0.25, -0.2) is 0 Å². The van der Waals surface area contributed by atoms with Crippen LogP contribution in [0.1, 0.15) is 38.8 Å². The molecule has 20 heavy (non-hydrogen) atoms. The molecule has 1 aromatic carbocycles. The maximum absolute atomic E-state index is 11.8. The van der Waals surface area contributed by atoms with E-state index in [1.165, 1.54) is 0 Å². The van der Waals surface area contributed by atoms with Gasteiger partial charge >= 0.3 is 0 Å². The lowest BCUT2D eigenvalue weighted by Gasteiger charge is -2.01. The van der Waals surface area contributed by atoms with Crippen LogP contribution in [0.4, 0.5) is 0 Å². The van der Waals surface area contributed by atoms with Gasteiger partial charge in [0.15, 0.2) is 0 Å². The third-order valence-electron chi connectivity index (χ3n) is 2.39. The second kappa shape index (κ2) is 12.1. The fraction of sp³-hybridized carbons (Fsp3) is 0.333. The Kier molecular flexibility index (Phi) is 10.9. The number of rotatable bonds is 4. The molecule has 0 aliphatic heterocycles. The summed E-state index contributed by atoms with van der Waals surface area (Å²) in [6, 6.07) is 13.6. The third kappa shape index (κ3) is 7.47. The van der Waals surface area contributed by atoms with Crippen molar-refractivity contribution in [1.82, 2.24) is 4.98 Å². The van der Waals surface area contributed by atoms with Crippen molar-refractivity contribution in [2.24, 2.45) is 0 Å². The van der Waals surface area contributed by atoms with Gasteiger partial charge in [-0.3, -0.25) is 9.78 Å². The molecule has 108 valence electrons. The van der Waals surface area contributed by atoms with Crippen molar-refractivity contribution in [2.45, 2.75) is 40.5 Å². The van der Waals surface area contributed by atoms with Crippen LogP contribution in [0.25, 0.3) is 0 Å². The zero-order valence-corrected chi connectivity index (χ0v) is 13.0. The smallest absolute Gasteiger partial charge is 0.141 e. The molecule has 0 bridgehead atoms. The second-order valence-corrected chi connectivity index (χ2v) is 3.73. The lowest BCUT2D eigenvalue weighted by Crippen LogP contribution is -2.06. The number of benzene rings is 1. The highest BCUT2D eigenvalue weighted by Gasteiger charge is 2.04. The standard InChI is InChI=1S/C14H13NO.2C2H6/c16-14(10-12-4-2-1-3-5-12)11-13-6-8-15-9-7-13;2*1-2/h1-9H,10-11H2;2*1-2H3. The zero-order chi connectivity index (χ0) is 15.2. The molecule has 0 radical (unpaired) electrons. The minimum Gasteiger partial charge on any atom is -0.299 e. The van der Waals surface area contributed by atoms with Gasteiger partial charge in [0.05, 0.1) is 0 Å². The average Bonchev–Trinajstić information content (AvgIpc) is 2.53. The lowest BCUT2D eigenvalue weighted by atomic mass is 10.0. The van der Waals surface area contributed by atoms with Gasteiger partial charge < -0.3 is 0 Å². The summed E-state index contributed by atoms with van der Waals surface area (Å²) >= 11 is 0. The summed E-state index contributed by atoms with van der Waals surface area (Å²) in [7, 11) is 0. The van der Waals surface area contributed by atoms with Crippen molar-refractivity contribution in [2.75, 3.05) is 0 Å². The van der Waals surface area contributed by atoms with Crippen LogP contribution in [0.5, 0.6) is 0 Å². The first-order valence-electron chi connectivity index (χ1n) is 7.29. The summed E-state index contributed by atoms with van der Waals surface area (Å²) in [4.78, 5) is 15.7. The molecule has 0 amide bonds. The van der Waals surface area contributed by atoms with Gasteiger partial charge in [-0.2, -0.15) is 0 Å². The Hall–Kier alpha value is -1.96. The van der Waals surface area contributed by atoms with Crippen molar-refractivity contribution in [3.8, 4) is 0 Å². The van der Waals surface area contributed by atoms with E-state index in [1.807, 2.05) is 70.2 Å². The lowest BCUT2D eigenvalue weighted by molar-refractivity contribution is -0.117. The number of Topliss-reactive ketones (excluding diaryl/α,β-unsaturated/α-hetero) is 1. The maximum atomic E-state index is 11.8. The molecule has 0 saturated heterocycles. The van der Waals surface area contributed by atoms with E-state index in [2.05, 4.69) is 4.98 Å². The number of nitrogens with zero attached hydrogens (tertiary/aromatic N) is 1. The zero-order valence-electron chi connectivity index (χ0n) is 13.0. The van der Waals surface area contributed by atoms with Gasteiger partial charge in [0, 0.05) is 25.2 Å². The number of aromatic nitrogens is 1. The number of hydrogen-bond acceptors (Lipinski definition) is 2. The van der Waals surface area contributed by atoms with Crippen molar-refractivity contribution in [3.05, 3.63) is 66.0 Å². The molecular weight excluding hydrogens is 246 g/mol. The molecule has 0 N–H and O–H groups in total. The largest absolute Gasteiger partial charge is 0.299 e. The quantitative estimate of drug-likeness (QED) is 0.820. The highest BCUT2D eigenvalue weighted by atomic mass is 16.1. The Balaban J connectivity index is 0.000000829. The number of pyridine rings is 1. The first kappa shape index (κ1) is 18.0. The molecule has 0 unspecified atom stereocenters. The number of ketones is 1. The van der Waals surface area contributed by atoms with Crippen LogP contribution >= 0.6 is 0 Å². The van der Waals surface area contributed by atoms with Crippen LogP contribution in [0, 0.1) is 0 Å². The van der Waals surface area contributed by atoms with E-state index in [-0.39, 0.29) is 5.78 Å². The van der Waals surface area contributed by atoms with Crippen LogP contribution in [0.2, 0.25) is 0 Å². The van der Waals surface area contributed by atoms with Crippen molar-refractivity contribution in [1.29, 1.82) is 0 Å². The monoisotopic (exact) mass is 271 g/mol. The topological polar surface area (TPSA) is 30.0 Å². The van der Waals surface area contributed by atoms with Gasteiger partial charge in [-0.05, 0) is 23.3 Å². The summed E-state index contributed by atoms with van der Waals surface area (Å²) in [6.45, 7) is 8.00. The van der Waals surface area contributed by atoms with E-state index in [0.29, 0.717) is 12.8 Å². The predicted molar refractivity (Wildman–Crippen MR) is 85.8 cm³/mol. The van der Waals surface area contributed by atoms with Gasteiger partial charge in [0.2, 0.25) is 0 Å². The van der Waals surface area contributed by atoms with Gasteiger partial charge in [-0.15, -0.1) is 0 Å². The van der Waals surface area contributed by atoms with E-state index in [4.69, 9.17) is 0 Å². The molecule has 2 rings (SSSR count). The van der Waals surface area contributed by atoms with Crippen molar-refractivity contribution >= 4 is 5.78 Å². The minimum atomic E-state index is 0.234. The third-order valence-corrected chi connectivity index (χ3v) is 2.39. The summed E-state index contributed by atoms with van der Waals surface area (Å²) in [5.74, 6) is 0.234. The van der Waals surface area contributed by atoms with Crippen LogP contribution in [-0.2, 0) is 17.6 Å². The summed E-state index contributed by atoms with van der Waals surface area (Å²) < 4.78 is 0. The number of carbonyl (C=O) groups is 1. The average molecular weight is 271 g/mol. The SMILES string of the molecule is CC.CC.O=C(Cc1ccccc1)Cc1ccncc1. The first-order valence-corrected chi connectivity index (χ1v) is 7.29. The van der Waals surface area contributed by atoms with Gasteiger partial charge in [0.1, 0.15) is 5.78 Å². The molecule has 0 atom stereocenters. The molecule has 0 spiro atoms. The second-order valence-electron chi connectivity index (χ2n) is 3.73. The normalized spacial score (nSPS) is 8.60. The molecule has 1 aromatic heterocycles. The molecule has 1 heterocycles. The van der Waals surface area contributed by atoms with E-state index in [1.54, 1.807) is 12.4 Å². The molecule has 0 aliphatic rings. The predicted octanol–water partition coefficient (Wildman–Crippen LogP) is 4.49. The van der Waals surface area contributed by atoms with Crippen molar-refractivity contribution < 1.29 is 4.79 Å². The number of carbonyl (C=O) groups excluding carboxylic acids is 1. The molecule has 0 fully saturated rings. The van der Waals surface area contributed by atoms with E-state index >= 15 is 0 Å². The van der Waals surface area contributed by atoms with Crippen LogP contribution in [0.3, 0.4) is 0 Å². The molecular formula is C18H25NO. The molecule has 0 aliphatic carbocycles. The Morgan fingerprint density at radius 3 is 1.75 bits per heavy atom. The fourth-order valence-corrected chi connectivity index (χ4v) is 1.61. The Labute approximate surface area is 122 Å². The first-order chi connectivity index (χ1) is 9.84. The molecule has 2 heteroatoms. The summed E-state index contributed by atoms with van der Waals surface area (Å²) in [5.41, 5.74) is 2.09. The van der Waals surface area contributed by atoms with Crippen LogP contribution in [-0.4, -0.2) is 10.8 Å². The van der Waals surface area contributed by atoms with E-state index in [0.717, 1.165) is 11.1 Å². The summed E-state index contributed by atoms with van der Waals surface area (Å²) in [5, 5.41) is 0. The Morgan fingerprint density at radius 2 is 1.25 bits per heavy atom. The minimum absolute atomic E-state index is 0.234. The highest BCUT2D eigenvalue weighted by Crippen LogP contribution is 2.04. The summed E-state index contributed by atoms with van der Waals surface area (Å²) in [6.07, 6.45) is 4.41. The van der Waals surface area contributed by atoms with Crippen LogP contribution < -0.4 is 0 Å². The fourth-order valence-electron chi connectivity index (χ4n) is 1.61. The number of hydrogen-bond donors (Lipinski definition) is 0. The van der Waals surface area contributed by atoms with Crippen molar-refractivity contribution in [3.63, 3.8) is 0 Å². The Bertz CT molecular complexity index is 408. The highest BCUT2D eigenvalue weighted by molar-refractivity contribution is 5.83. The van der Waals surface area contributed by atoms with E-state index < -0.39 is 0 Å². The molecule has 2 aromatic rings. The molecule has 2 nitrogen and oxygen atoms in total. The van der Waals surface area contributed by atoms with Gasteiger partial charge in [0.25, 0.3) is 0 Å². The van der Waals surface area contributed by atoms with E-state index in [9.17, 15) is 4.79 Å². The Morgan fingerprint density at radius 1 is 0.800 bits per heavy atom. The maximum Gasteiger partial charge on any atom is 0.141 e. The molecule has 0 saturated carbocycles. The van der Waals surface area contributed by atoms with Crippen LogP contribution in [0.15, 0.2) is 54.9 Å².